The lowest BCUT2D eigenvalue weighted by molar-refractivity contribution is -0.385. The molecule has 0 aliphatic carbocycles. The van der Waals surface area contributed by atoms with Gasteiger partial charge in [-0.15, -0.1) is 0 Å². The normalized spacial score (nSPS) is 12.4. The van der Waals surface area contributed by atoms with E-state index in [2.05, 4.69) is 10.4 Å². The van der Waals surface area contributed by atoms with E-state index in [1.165, 1.54) is 37.3 Å². The molecule has 11 heteroatoms. The number of hydrogen-bond donors (Lipinski definition) is 1. The zero-order valence-corrected chi connectivity index (χ0v) is 16.5. The number of aromatic nitrogens is 2. The monoisotopic (exact) mass is 425 g/mol. The van der Waals surface area contributed by atoms with Crippen molar-refractivity contribution >= 4 is 34.9 Å². The van der Waals surface area contributed by atoms with Gasteiger partial charge in [-0.3, -0.25) is 25.0 Å². The van der Waals surface area contributed by atoms with Gasteiger partial charge in [0.05, 0.1) is 21.2 Å². The number of non-ortho nitro benzene ring substituents is 1. The Morgan fingerprint density at radius 1 is 1.10 bits per heavy atom. The van der Waals surface area contributed by atoms with Crippen molar-refractivity contribution in [2.24, 2.45) is 0 Å². The minimum absolute atomic E-state index is 0.0493. The molecule has 30 heavy (non-hydrogen) atoms. The first kappa shape index (κ1) is 19.6. The second-order valence-corrected chi connectivity index (χ2v) is 7.60. The molecule has 4 rings (SSSR count). The smallest absolute Gasteiger partial charge is 0.273 e. The van der Waals surface area contributed by atoms with Crippen LogP contribution >= 0.6 is 11.8 Å². The van der Waals surface area contributed by atoms with Crippen LogP contribution in [-0.4, -0.2) is 25.5 Å². The number of fused-ring (bicyclic) bond motifs is 1. The number of rotatable bonds is 5. The van der Waals surface area contributed by atoms with Gasteiger partial charge in [0.15, 0.2) is 0 Å². The van der Waals surface area contributed by atoms with Crippen LogP contribution in [0.2, 0.25) is 0 Å². The number of nitro groups is 2. The number of nitro benzene ring substituents is 2. The van der Waals surface area contributed by atoms with E-state index in [1.54, 1.807) is 28.6 Å². The third-order valence-electron chi connectivity index (χ3n) is 4.84. The van der Waals surface area contributed by atoms with Crippen molar-refractivity contribution in [3.05, 3.63) is 85.1 Å². The number of thioether (sulfide) groups is 1. The molecular formula is C19H15N5O5S. The third-order valence-corrected chi connectivity index (χ3v) is 5.81. The Kier molecular flexibility index (Phi) is 4.96. The Morgan fingerprint density at radius 3 is 2.50 bits per heavy atom. The molecule has 0 atom stereocenters. The Balaban J connectivity index is 1.73. The molecule has 2 heterocycles. The van der Waals surface area contributed by atoms with Gasteiger partial charge in [0.1, 0.15) is 5.82 Å². The highest BCUT2D eigenvalue weighted by atomic mass is 32.2. The number of nitrogens with one attached hydrogen (secondary N) is 1. The largest absolute Gasteiger partial charge is 0.306 e. The van der Waals surface area contributed by atoms with E-state index in [9.17, 15) is 25.0 Å². The van der Waals surface area contributed by atoms with Crippen molar-refractivity contribution in [2.75, 3.05) is 5.32 Å². The SMILES string of the molecule is Cc1c(C(=O)Nc2c3c(nn2-c2ccc([N+](=O)[O-])cc2)CSC3)cccc1[N+](=O)[O-]. The van der Waals surface area contributed by atoms with Crippen LogP contribution in [-0.2, 0) is 11.5 Å². The number of carbonyl (C=O) groups excluding carboxylic acids is 1. The van der Waals surface area contributed by atoms with Gasteiger partial charge in [0, 0.05) is 46.4 Å². The highest BCUT2D eigenvalue weighted by Gasteiger charge is 2.26. The molecule has 1 aromatic heterocycles. The summed E-state index contributed by atoms with van der Waals surface area (Å²) in [5.74, 6) is 1.32. The summed E-state index contributed by atoms with van der Waals surface area (Å²) in [5.41, 5.74) is 2.54. The third kappa shape index (κ3) is 3.39. The first-order valence-corrected chi connectivity index (χ1v) is 10.0. The predicted molar refractivity (Wildman–Crippen MR) is 111 cm³/mol. The summed E-state index contributed by atoms with van der Waals surface area (Å²) in [5, 5.41) is 29.5. The lowest BCUT2D eigenvalue weighted by Gasteiger charge is -2.12. The molecule has 0 bridgehead atoms. The van der Waals surface area contributed by atoms with Crippen LogP contribution in [0.25, 0.3) is 5.69 Å². The highest BCUT2D eigenvalue weighted by molar-refractivity contribution is 7.98. The molecule has 1 amide bonds. The van der Waals surface area contributed by atoms with Crippen LogP contribution in [0.1, 0.15) is 27.2 Å². The van der Waals surface area contributed by atoms with Crippen LogP contribution in [0.5, 0.6) is 0 Å². The standard InChI is InChI=1S/C19H15N5O5S/c1-11-14(3-2-4-17(11)24(28)29)19(25)20-18-15-9-30-10-16(15)21-22(18)12-5-7-13(8-6-12)23(26)27/h2-8H,9-10H2,1H3,(H,20,25). The maximum absolute atomic E-state index is 13.0. The fourth-order valence-electron chi connectivity index (χ4n) is 3.29. The first-order valence-electron chi connectivity index (χ1n) is 8.85. The molecule has 1 N–H and O–H groups in total. The summed E-state index contributed by atoms with van der Waals surface area (Å²) in [6.07, 6.45) is 0. The van der Waals surface area contributed by atoms with E-state index in [-0.39, 0.29) is 22.5 Å². The molecule has 3 aromatic rings. The zero-order chi connectivity index (χ0) is 21.4. The molecule has 0 saturated carbocycles. The van der Waals surface area contributed by atoms with Gasteiger partial charge in [0.25, 0.3) is 17.3 Å². The number of anilines is 1. The van der Waals surface area contributed by atoms with Crippen LogP contribution in [0.15, 0.2) is 42.5 Å². The summed E-state index contributed by atoms with van der Waals surface area (Å²) in [6.45, 7) is 1.53. The van der Waals surface area contributed by atoms with Crippen molar-refractivity contribution in [2.45, 2.75) is 18.4 Å². The number of hydrogen-bond acceptors (Lipinski definition) is 7. The Morgan fingerprint density at radius 2 is 1.83 bits per heavy atom. The number of benzene rings is 2. The van der Waals surface area contributed by atoms with Gasteiger partial charge in [-0.05, 0) is 25.1 Å². The van der Waals surface area contributed by atoms with Gasteiger partial charge >= 0.3 is 0 Å². The molecule has 10 nitrogen and oxygen atoms in total. The van der Waals surface area contributed by atoms with Crippen LogP contribution in [0.4, 0.5) is 17.2 Å². The summed E-state index contributed by atoms with van der Waals surface area (Å²) >= 11 is 1.66. The summed E-state index contributed by atoms with van der Waals surface area (Å²) in [7, 11) is 0. The van der Waals surface area contributed by atoms with Gasteiger partial charge in [-0.25, -0.2) is 4.68 Å². The fourth-order valence-corrected chi connectivity index (χ4v) is 4.32. The minimum atomic E-state index is -0.526. The maximum Gasteiger partial charge on any atom is 0.273 e. The van der Waals surface area contributed by atoms with Crippen LogP contribution in [0, 0.1) is 27.2 Å². The Bertz CT molecular complexity index is 1190. The van der Waals surface area contributed by atoms with Crippen molar-refractivity contribution in [1.82, 2.24) is 9.78 Å². The molecule has 0 spiro atoms. The molecule has 0 unspecified atom stereocenters. The average Bonchev–Trinajstić information content (AvgIpc) is 3.30. The summed E-state index contributed by atoms with van der Waals surface area (Å²) < 4.78 is 1.54. The number of carbonyl (C=O) groups is 1. The molecule has 1 aliphatic rings. The zero-order valence-electron chi connectivity index (χ0n) is 15.7. The first-order chi connectivity index (χ1) is 14.4. The van der Waals surface area contributed by atoms with Crippen LogP contribution < -0.4 is 5.32 Å². The van der Waals surface area contributed by atoms with E-state index in [0.29, 0.717) is 23.0 Å². The van der Waals surface area contributed by atoms with Gasteiger partial charge in [-0.2, -0.15) is 16.9 Å². The topological polar surface area (TPSA) is 133 Å². The summed E-state index contributed by atoms with van der Waals surface area (Å²) in [4.78, 5) is 34.1. The molecule has 1 aliphatic heterocycles. The highest BCUT2D eigenvalue weighted by Crippen LogP contribution is 2.36. The van der Waals surface area contributed by atoms with Crippen molar-refractivity contribution in [3.63, 3.8) is 0 Å². The molecule has 152 valence electrons. The van der Waals surface area contributed by atoms with E-state index in [1.807, 2.05) is 0 Å². The lowest BCUT2D eigenvalue weighted by Crippen LogP contribution is -2.17. The van der Waals surface area contributed by atoms with Crippen molar-refractivity contribution < 1.29 is 14.6 Å². The van der Waals surface area contributed by atoms with E-state index < -0.39 is 15.8 Å². The van der Waals surface area contributed by atoms with Gasteiger partial charge in [-0.1, -0.05) is 6.07 Å². The Labute approximate surface area is 174 Å². The fraction of sp³-hybridized carbons (Fsp3) is 0.158. The second-order valence-electron chi connectivity index (χ2n) is 6.61. The van der Waals surface area contributed by atoms with Crippen LogP contribution in [0.3, 0.4) is 0 Å². The quantitative estimate of drug-likeness (QED) is 0.482. The number of amides is 1. The Hall–Kier alpha value is -3.73. The average molecular weight is 425 g/mol. The molecular weight excluding hydrogens is 410 g/mol. The second kappa shape index (κ2) is 7.59. The van der Waals surface area contributed by atoms with E-state index in [0.717, 1.165) is 11.3 Å². The number of nitrogens with zero attached hydrogens (tertiary/aromatic N) is 4. The molecule has 0 saturated heterocycles. The maximum atomic E-state index is 13.0. The predicted octanol–water partition coefficient (Wildman–Crippen LogP) is 4.00. The van der Waals surface area contributed by atoms with E-state index in [4.69, 9.17) is 0 Å². The van der Waals surface area contributed by atoms with Gasteiger partial charge in [0.2, 0.25) is 0 Å². The van der Waals surface area contributed by atoms with Crippen molar-refractivity contribution in [3.8, 4) is 5.69 Å². The summed E-state index contributed by atoms with van der Waals surface area (Å²) in [6, 6.07) is 10.2. The van der Waals surface area contributed by atoms with Gasteiger partial charge < -0.3 is 5.32 Å². The minimum Gasteiger partial charge on any atom is -0.306 e. The van der Waals surface area contributed by atoms with Crippen molar-refractivity contribution in [1.29, 1.82) is 0 Å². The molecule has 0 fully saturated rings. The molecule has 0 radical (unpaired) electrons. The lowest BCUT2D eigenvalue weighted by atomic mass is 10.1. The van der Waals surface area contributed by atoms with E-state index >= 15 is 0 Å². The molecule has 2 aromatic carbocycles.